The lowest BCUT2D eigenvalue weighted by Crippen LogP contribution is -2.22. The molecule has 8 heteroatoms. The second-order valence-electron chi connectivity index (χ2n) is 4.09. The number of aliphatic hydroxyl groups excluding tert-OH is 1. The molecule has 0 bridgehead atoms. The lowest BCUT2D eigenvalue weighted by molar-refractivity contribution is 0.300. The standard InChI is InChI=1S/C12H16N2O4S2/c1-2-9-7-13-11(18-9)8-14-20(16,17)12-4-3-10(19-12)5-6-15/h3-4,7,14-15H,2,5-6,8H2,1H3. The van der Waals surface area contributed by atoms with E-state index in [1.807, 2.05) is 6.92 Å². The van der Waals surface area contributed by atoms with E-state index in [0.717, 1.165) is 28.4 Å². The van der Waals surface area contributed by atoms with Crippen molar-refractivity contribution in [3.63, 3.8) is 0 Å². The summed E-state index contributed by atoms with van der Waals surface area (Å²) in [5.41, 5.74) is 0. The summed E-state index contributed by atoms with van der Waals surface area (Å²) in [7, 11) is -3.57. The van der Waals surface area contributed by atoms with Crippen LogP contribution in [0.3, 0.4) is 0 Å². The van der Waals surface area contributed by atoms with Crippen LogP contribution in [0, 0.1) is 0 Å². The molecule has 0 amide bonds. The van der Waals surface area contributed by atoms with Gasteiger partial charge in [0, 0.05) is 24.3 Å². The lowest BCUT2D eigenvalue weighted by atomic mass is 10.4. The van der Waals surface area contributed by atoms with E-state index in [4.69, 9.17) is 9.52 Å². The monoisotopic (exact) mass is 316 g/mol. The van der Waals surface area contributed by atoms with E-state index < -0.39 is 10.0 Å². The predicted molar refractivity (Wildman–Crippen MR) is 75.0 cm³/mol. The summed E-state index contributed by atoms with van der Waals surface area (Å²) in [5.74, 6) is 1.07. The predicted octanol–water partition coefficient (Wildman–Crippen LogP) is 1.31. The third kappa shape index (κ3) is 3.66. The van der Waals surface area contributed by atoms with Crippen molar-refractivity contribution in [3.8, 4) is 0 Å². The Morgan fingerprint density at radius 3 is 2.90 bits per heavy atom. The van der Waals surface area contributed by atoms with Crippen LogP contribution in [0.15, 0.2) is 27.0 Å². The Balaban J connectivity index is 2.02. The van der Waals surface area contributed by atoms with Gasteiger partial charge in [-0.25, -0.2) is 18.1 Å². The molecule has 0 aliphatic carbocycles. The normalized spacial score (nSPS) is 11.9. The molecule has 2 rings (SSSR count). The van der Waals surface area contributed by atoms with Gasteiger partial charge in [-0.05, 0) is 12.1 Å². The highest BCUT2D eigenvalue weighted by atomic mass is 32.2. The topological polar surface area (TPSA) is 92.4 Å². The van der Waals surface area contributed by atoms with Crippen molar-refractivity contribution < 1.29 is 17.9 Å². The van der Waals surface area contributed by atoms with E-state index in [9.17, 15) is 8.42 Å². The van der Waals surface area contributed by atoms with Crippen LogP contribution in [0.5, 0.6) is 0 Å². The maximum atomic E-state index is 12.1. The fraction of sp³-hybridized carbons (Fsp3) is 0.417. The van der Waals surface area contributed by atoms with Crippen LogP contribution in [0.4, 0.5) is 0 Å². The first-order valence-corrected chi connectivity index (χ1v) is 8.48. The summed E-state index contributed by atoms with van der Waals surface area (Å²) in [5, 5.41) is 8.83. The minimum atomic E-state index is -3.57. The van der Waals surface area contributed by atoms with E-state index in [1.54, 1.807) is 12.3 Å². The molecule has 2 aromatic rings. The summed E-state index contributed by atoms with van der Waals surface area (Å²) in [6, 6.07) is 3.24. The molecule has 0 aliphatic heterocycles. The second kappa shape index (κ2) is 6.49. The molecule has 0 unspecified atom stereocenters. The highest BCUT2D eigenvalue weighted by Crippen LogP contribution is 2.22. The van der Waals surface area contributed by atoms with Crippen LogP contribution < -0.4 is 4.72 Å². The van der Waals surface area contributed by atoms with Crippen molar-refractivity contribution in [1.29, 1.82) is 0 Å². The van der Waals surface area contributed by atoms with E-state index in [0.29, 0.717) is 12.3 Å². The molecular formula is C12H16N2O4S2. The molecule has 0 saturated carbocycles. The molecule has 0 atom stereocenters. The molecule has 2 heterocycles. The number of rotatable bonds is 7. The number of nitrogens with one attached hydrogen (secondary N) is 1. The minimum Gasteiger partial charge on any atom is -0.444 e. The number of aliphatic hydroxyl groups is 1. The van der Waals surface area contributed by atoms with Crippen LogP contribution >= 0.6 is 11.3 Å². The third-order valence-electron chi connectivity index (χ3n) is 2.62. The molecule has 20 heavy (non-hydrogen) atoms. The number of sulfonamides is 1. The van der Waals surface area contributed by atoms with Gasteiger partial charge < -0.3 is 9.52 Å². The van der Waals surface area contributed by atoms with Gasteiger partial charge in [0.15, 0.2) is 0 Å². The maximum Gasteiger partial charge on any atom is 0.250 e. The zero-order valence-corrected chi connectivity index (χ0v) is 12.6. The lowest BCUT2D eigenvalue weighted by Gasteiger charge is -2.01. The average molecular weight is 316 g/mol. The summed E-state index contributed by atoms with van der Waals surface area (Å²) < 4.78 is 32.1. The fourth-order valence-corrected chi connectivity index (χ4v) is 3.93. The van der Waals surface area contributed by atoms with E-state index >= 15 is 0 Å². The third-order valence-corrected chi connectivity index (χ3v) is 5.66. The Labute approximate surface area is 121 Å². The highest BCUT2D eigenvalue weighted by molar-refractivity contribution is 7.91. The van der Waals surface area contributed by atoms with Crippen molar-refractivity contribution >= 4 is 21.4 Å². The summed E-state index contributed by atoms with van der Waals surface area (Å²) in [6.45, 7) is 1.96. The zero-order valence-electron chi connectivity index (χ0n) is 11.0. The van der Waals surface area contributed by atoms with Gasteiger partial charge in [0.2, 0.25) is 5.89 Å². The highest BCUT2D eigenvalue weighted by Gasteiger charge is 2.17. The van der Waals surface area contributed by atoms with Crippen LogP contribution in [0.25, 0.3) is 0 Å². The van der Waals surface area contributed by atoms with Crippen LogP contribution in [0.1, 0.15) is 23.5 Å². The second-order valence-corrected chi connectivity index (χ2v) is 7.25. The number of oxazole rings is 1. The smallest absolute Gasteiger partial charge is 0.250 e. The Bertz CT molecular complexity index is 661. The van der Waals surface area contributed by atoms with Crippen molar-refractivity contribution in [3.05, 3.63) is 34.9 Å². The largest absolute Gasteiger partial charge is 0.444 e. The first-order valence-electron chi connectivity index (χ1n) is 6.18. The van der Waals surface area contributed by atoms with Crippen molar-refractivity contribution in [2.45, 2.75) is 30.5 Å². The van der Waals surface area contributed by atoms with E-state index in [-0.39, 0.29) is 17.4 Å². The van der Waals surface area contributed by atoms with Crippen molar-refractivity contribution in [1.82, 2.24) is 9.71 Å². The fourth-order valence-electron chi connectivity index (χ4n) is 1.57. The van der Waals surface area contributed by atoms with Gasteiger partial charge in [0.05, 0.1) is 12.7 Å². The van der Waals surface area contributed by atoms with Gasteiger partial charge in [-0.2, -0.15) is 0 Å². The molecule has 110 valence electrons. The maximum absolute atomic E-state index is 12.1. The van der Waals surface area contributed by atoms with Crippen LogP contribution in [0.2, 0.25) is 0 Å². The molecule has 6 nitrogen and oxygen atoms in total. The average Bonchev–Trinajstić information content (AvgIpc) is 3.06. The summed E-state index contributed by atoms with van der Waals surface area (Å²) in [6.07, 6.45) is 2.77. The quantitative estimate of drug-likeness (QED) is 0.803. The Morgan fingerprint density at radius 2 is 2.25 bits per heavy atom. The van der Waals surface area contributed by atoms with Crippen LogP contribution in [-0.4, -0.2) is 25.1 Å². The number of nitrogens with zero attached hydrogens (tertiary/aromatic N) is 1. The van der Waals surface area contributed by atoms with Crippen molar-refractivity contribution in [2.75, 3.05) is 6.61 Å². The van der Waals surface area contributed by atoms with Gasteiger partial charge in [-0.3, -0.25) is 0 Å². The molecule has 0 aromatic carbocycles. The van der Waals surface area contributed by atoms with Gasteiger partial charge >= 0.3 is 0 Å². The molecule has 0 aliphatic rings. The molecule has 0 saturated heterocycles. The SMILES string of the molecule is CCc1cnc(CNS(=O)(=O)c2ccc(CCO)s2)o1. The summed E-state index contributed by atoms with van der Waals surface area (Å²) in [4.78, 5) is 4.83. The van der Waals surface area contributed by atoms with Crippen LogP contribution in [-0.2, 0) is 29.4 Å². The van der Waals surface area contributed by atoms with Gasteiger partial charge in [-0.1, -0.05) is 6.92 Å². The minimum absolute atomic E-state index is 0.00351. The number of thiophene rings is 1. The van der Waals surface area contributed by atoms with Crippen molar-refractivity contribution in [2.24, 2.45) is 0 Å². The first kappa shape index (κ1) is 15.2. The number of hydrogen-bond acceptors (Lipinski definition) is 6. The Hall–Kier alpha value is -1.22. The molecule has 0 radical (unpaired) electrons. The molecule has 2 aromatic heterocycles. The molecule has 0 fully saturated rings. The number of aryl methyl sites for hydroxylation is 1. The molecular weight excluding hydrogens is 300 g/mol. The summed E-state index contributed by atoms with van der Waals surface area (Å²) >= 11 is 1.15. The van der Waals surface area contributed by atoms with Gasteiger partial charge in [-0.15, -0.1) is 11.3 Å². The molecule has 0 spiro atoms. The van der Waals surface area contributed by atoms with Gasteiger partial charge in [0.1, 0.15) is 9.97 Å². The van der Waals surface area contributed by atoms with Gasteiger partial charge in [0.25, 0.3) is 10.0 Å². The zero-order chi connectivity index (χ0) is 14.6. The number of aromatic nitrogens is 1. The Kier molecular flexibility index (Phi) is 4.92. The Morgan fingerprint density at radius 1 is 1.45 bits per heavy atom. The first-order chi connectivity index (χ1) is 9.55. The van der Waals surface area contributed by atoms with E-state index in [2.05, 4.69) is 9.71 Å². The number of hydrogen-bond donors (Lipinski definition) is 2. The molecule has 2 N–H and O–H groups in total. The van der Waals surface area contributed by atoms with E-state index in [1.165, 1.54) is 6.07 Å².